The number of hydrogen-bond donors (Lipinski definition) is 2. The number of aromatic amines is 1. The Hall–Kier alpha value is -2.77. The number of fused-ring (bicyclic) bond motifs is 2. The van der Waals surface area contributed by atoms with Crippen LogP contribution in [0.5, 0.6) is 0 Å². The molecule has 1 aliphatic rings. The van der Waals surface area contributed by atoms with Gasteiger partial charge in [-0.25, -0.2) is 9.97 Å². The first-order valence-electron chi connectivity index (χ1n) is 11.1. The molecule has 5 rings (SSSR count). The van der Waals surface area contributed by atoms with Crippen LogP contribution in [-0.4, -0.2) is 44.1 Å². The van der Waals surface area contributed by atoms with Crippen molar-refractivity contribution >= 4 is 40.0 Å². The van der Waals surface area contributed by atoms with Crippen molar-refractivity contribution in [3.63, 3.8) is 0 Å². The highest BCUT2D eigenvalue weighted by Crippen LogP contribution is 2.27. The van der Waals surface area contributed by atoms with Crippen LogP contribution in [0.1, 0.15) is 25.3 Å². The zero-order chi connectivity index (χ0) is 21.2. The van der Waals surface area contributed by atoms with E-state index in [4.69, 9.17) is 12.2 Å². The number of likely N-dealkylation sites (tertiary alicyclic amines) is 1. The van der Waals surface area contributed by atoms with E-state index in [1.54, 1.807) is 6.33 Å². The minimum Gasteiger partial charge on any atom is -0.369 e. The van der Waals surface area contributed by atoms with Gasteiger partial charge in [0, 0.05) is 25.0 Å². The maximum absolute atomic E-state index is 5.46. The fourth-order valence-electron chi connectivity index (χ4n) is 4.59. The highest BCUT2D eigenvalue weighted by atomic mass is 32.1. The van der Waals surface area contributed by atoms with Crippen molar-refractivity contribution in [2.45, 2.75) is 32.9 Å². The van der Waals surface area contributed by atoms with Crippen LogP contribution in [0.15, 0.2) is 48.8 Å². The molecule has 0 spiro atoms. The van der Waals surface area contributed by atoms with Crippen LogP contribution in [0.4, 0.5) is 5.82 Å². The van der Waals surface area contributed by atoms with Gasteiger partial charge in [-0.05, 0) is 68.7 Å². The fraction of sp³-hybridized carbons (Fsp3) is 0.375. The Bertz CT molecular complexity index is 1240. The lowest BCUT2D eigenvalue weighted by Gasteiger charge is -2.32. The van der Waals surface area contributed by atoms with Crippen LogP contribution in [0.2, 0.25) is 0 Å². The van der Waals surface area contributed by atoms with E-state index < -0.39 is 0 Å². The third-order valence-electron chi connectivity index (χ3n) is 6.36. The number of nitrogens with zero attached hydrogens (tertiary/aromatic N) is 4. The summed E-state index contributed by atoms with van der Waals surface area (Å²) in [6, 6.07) is 15.0. The lowest BCUT2D eigenvalue weighted by Crippen LogP contribution is -2.35. The fourth-order valence-corrected chi connectivity index (χ4v) is 4.93. The largest absolute Gasteiger partial charge is 0.369 e. The number of anilines is 1. The first kappa shape index (κ1) is 20.2. The summed E-state index contributed by atoms with van der Waals surface area (Å²) in [5.74, 6) is 1.56. The van der Waals surface area contributed by atoms with Gasteiger partial charge < -0.3 is 14.9 Å². The number of imidazole rings is 1. The molecule has 0 radical (unpaired) electrons. The van der Waals surface area contributed by atoms with Crippen LogP contribution in [0.3, 0.4) is 0 Å². The summed E-state index contributed by atoms with van der Waals surface area (Å²) in [5.41, 5.74) is 4.47. The molecule has 2 aromatic heterocycles. The maximum Gasteiger partial charge on any atom is 0.178 e. The lowest BCUT2D eigenvalue weighted by atomic mass is 9.96. The molecule has 160 valence electrons. The molecule has 1 fully saturated rings. The summed E-state index contributed by atoms with van der Waals surface area (Å²) in [7, 11) is 0. The van der Waals surface area contributed by atoms with E-state index in [-0.39, 0.29) is 0 Å². The molecule has 1 saturated heterocycles. The topological polar surface area (TPSA) is 61.8 Å². The minimum absolute atomic E-state index is 0.660. The third-order valence-corrected chi connectivity index (χ3v) is 6.68. The Kier molecular flexibility index (Phi) is 5.70. The first-order chi connectivity index (χ1) is 15.2. The number of benzene rings is 2. The molecule has 2 N–H and O–H groups in total. The van der Waals surface area contributed by atoms with E-state index in [1.807, 2.05) is 0 Å². The van der Waals surface area contributed by atoms with Crippen LogP contribution in [-0.2, 0) is 13.1 Å². The number of rotatable bonds is 6. The Morgan fingerprint density at radius 3 is 2.71 bits per heavy atom. The second-order valence-electron chi connectivity index (χ2n) is 8.37. The average molecular weight is 433 g/mol. The highest BCUT2D eigenvalue weighted by molar-refractivity contribution is 7.71. The van der Waals surface area contributed by atoms with Gasteiger partial charge in [0.05, 0.1) is 16.6 Å². The Morgan fingerprint density at radius 1 is 1.13 bits per heavy atom. The van der Waals surface area contributed by atoms with Gasteiger partial charge in [-0.2, -0.15) is 0 Å². The summed E-state index contributed by atoms with van der Waals surface area (Å²) in [4.78, 5) is 14.9. The number of piperidine rings is 1. The second-order valence-corrected chi connectivity index (χ2v) is 8.76. The van der Waals surface area contributed by atoms with Crippen molar-refractivity contribution in [2.75, 3.05) is 25.0 Å². The van der Waals surface area contributed by atoms with Crippen LogP contribution in [0, 0.1) is 10.7 Å². The maximum atomic E-state index is 5.46. The molecule has 0 unspecified atom stereocenters. The molecule has 3 heterocycles. The summed E-state index contributed by atoms with van der Waals surface area (Å²) < 4.78 is 2.85. The molecule has 31 heavy (non-hydrogen) atoms. The highest BCUT2D eigenvalue weighted by Gasteiger charge is 2.19. The van der Waals surface area contributed by atoms with Crippen molar-refractivity contribution in [3.8, 4) is 0 Å². The number of H-pyrrole nitrogens is 1. The van der Waals surface area contributed by atoms with E-state index >= 15 is 0 Å². The molecule has 7 heteroatoms. The summed E-state index contributed by atoms with van der Waals surface area (Å²) in [6.45, 7) is 7.22. The third kappa shape index (κ3) is 4.20. The smallest absolute Gasteiger partial charge is 0.178 e. The monoisotopic (exact) mass is 432 g/mol. The van der Waals surface area contributed by atoms with E-state index in [2.05, 4.69) is 79.1 Å². The summed E-state index contributed by atoms with van der Waals surface area (Å²) in [6.07, 6.45) is 4.07. The van der Waals surface area contributed by atoms with Crippen LogP contribution in [0.25, 0.3) is 21.9 Å². The minimum atomic E-state index is 0.660. The van der Waals surface area contributed by atoms with E-state index in [0.717, 1.165) is 65.2 Å². The van der Waals surface area contributed by atoms with Crippen molar-refractivity contribution < 1.29 is 0 Å². The number of nitrogens with one attached hydrogen (secondary N) is 2. The number of aryl methyl sites for hydroxylation is 1. The molecule has 1 aliphatic heterocycles. The average Bonchev–Trinajstić information content (AvgIpc) is 3.11. The summed E-state index contributed by atoms with van der Waals surface area (Å²) in [5, 5.41) is 4.64. The van der Waals surface area contributed by atoms with Gasteiger partial charge in [-0.3, -0.25) is 4.90 Å². The van der Waals surface area contributed by atoms with E-state index in [0.29, 0.717) is 5.92 Å². The van der Waals surface area contributed by atoms with Crippen LogP contribution >= 0.6 is 12.2 Å². The summed E-state index contributed by atoms with van der Waals surface area (Å²) >= 11 is 5.46. The van der Waals surface area contributed by atoms with Crippen LogP contribution < -0.4 is 5.32 Å². The molecule has 0 amide bonds. The van der Waals surface area contributed by atoms with Crippen molar-refractivity contribution in [2.24, 2.45) is 5.92 Å². The molecule has 0 bridgehead atoms. The molecule has 4 aromatic rings. The lowest BCUT2D eigenvalue weighted by molar-refractivity contribution is 0.182. The van der Waals surface area contributed by atoms with Gasteiger partial charge in [-0.15, -0.1) is 0 Å². The van der Waals surface area contributed by atoms with E-state index in [9.17, 15) is 0 Å². The molecule has 6 nitrogen and oxygen atoms in total. The Balaban J connectivity index is 1.26. The standard InChI is InChI=1S/C24H28N6S/c1-2-30-22-13-20-19(12-21(22)28-24(30)31)23(27-16-26-20)25-14-17-8-10-29(11-9-17)15-18-6-4-3-5-7-18/h3-7,12-13,16-17H,2,8-11,14-15H2,1H3,(H,28,31)(H,25,26,27). The quantitative estimate of drug-likeness (QED) is 0.421. The van der Waals surface area contributed by atoms with Gasteiger partial charge in [0.2, 0.25) is 0 Å². The molecular formula is C24H28N6S. The van der Waals surface area contributed by atoms with E-state index in [1.165, 1.54) is 18.4 Å². The molecular weight excluding hydrogens is 404 g/mol. The van der Waals surface area contributed by atoms with Gasteiger partial charge in [0.25, 0.3) is 0 Å². The van der Waals surface area contributed by atoms with Gasteiger partial charge in [0.1, 0.15) is 12.1 Å². The zero-order valence-electron chi connectivity index (χ0n) is 17.8. The van der Waals surface area contributed by atoms with Crippen molar-refractivity contribution in [3.05, 3.63) is 59.1 Å². The molecule has 0 aliphatic carbocycles. The van der Waals surface area contributed by atoms with Gasteiger partial charge in [-0.1, -0.05) is 30.3 Å². The Labute approximate surface area is 187 Å². The predicted octanol–water partition coefficient (Wildman–Crippen LogP) is 4.99. The van der Waals surface area contributed by atoms with Crippen molar-refractivity contribution in [1.29, 1.82) is 0 Å². The Morgan fingerprint density at radius 2 is 1.94 bits per heavy atom. The SMILES string of the molecule is CCn1c(=S)[nH]c2cc3c(NCC4CCN(Cc5ccccc5)CC4)ncnc3cc21. The zero-order valence-corrected chi connectivity index (χ0v) is 18.7. The number of hydrogen-bond acceptors (Lipinski definition) is 5. The number of aromatic nitrogens is 4. The van der Waals surface area contributed by atoms with Gasteiger partial charge >= 0.3 is 0 Å². The van der Waals surface area contributed by atoms with Crippen molar-refractivity contribution in [1.82, 2.24) is 24.4 Å². The normalized spacial score (nSPS) is 15.6. The first-order valence-corrected chi connectivity index (χ1v) is 11.5. The second kappa shape index (κ2) is 8.77. The predicted molar refractivity (Wildman–Crippen MR) is 129 cm³/mol. The molecule has 0 atom stereocenters. The van der Waals surface area contributed by atoms with Gasteiger partial charge in [0.15, 0.2) is 4.77 Å². The molecule has 0 saturated carbocycles. The molecule has 2 aromatic carbocycles.